The summed E-state index contributed by atoms with van der Waals surface area (Å²) < 4.78 is 52.6. The Morgan fingerprint density at radius 2 is 1.62 bits per heavy atom. The average Bonchev–Trinajstić information content (AvgIpc) is 2.56. The van der Waals surface area contributed by atoms with Gasteiger partial charge in [-0.3, -0.25) is 4.79 Å². The number of sulfonamides is 1. The lowest BCUT2D eigenvalue weighted by atomic mass is 9.87. The van der Waals surface area contributed by atoms with Gasteiger partial charge in [0, 0.05) is 11.8 Å². The number of carbonyl (C=O) groups excluding carboxylic acids is 1. The largest absolute Gasteiger partial charge is 0.325 e. The number of anilines is 1. The van der Waals surface area contributed by atoms with E-state index >= 15 is 0 Å². The van der Waals surface area contributed by atoms with Crippen LogP contribution in [-0.4, -0.2) is 20.9 Å². The van der Waals surface area contributed by atoms with E-state index in [0.29, 0.717) is 0 Å². The highest BCUT2D eigenvalue weighted by atomic mass is 32.2. The van der Waals surface area contributed by atoms with Crippen molar-refractivity contribution in [3.8, 4) is 0 Å². The molecule has 140 valence electrons. The van der Waals surface area contributed by atoms with E-state index in [1.165, 1.54) is 18.2 Å². The number of rotatable bonds is 5. The van der Waals surface area contributed by atoms with Crippen molar-refractivity contribution in [2.45, 2.75) is 31.1 Å². The minimum Gasteiger partial charge on any atom is -0.325 e. The highest BCUT2D eigenvalue weighted by Gasteiger charge is 2.18. The molecule has 8 heteroatoms. The molecule has 2 N–H and O–H groups in total. The van der Waals surface area contributed by atoms with Crippen LogP contribution in [0, 0.1) is 11.6 Å². The van der Waals surface area contributed by atoms with Crippen LogP contribution in [-0.2, 0) is 20.2 Å². The summed E-state index contributed by atoms with van der Waals surface area (Å²) >= 11 is 0. The fourth-order valence-corrected chi connectivity index (χ4v) is 3.14. The monoisotopic (exact) mass is 382 g/mol. The van der Waals surface area contributed by atoms with Gasteiger partial charge in [-0.2, -0.15) is 0 Å². The van der Waals surface area contributed by atoms with Gasteiger partial charge in [-0.15, -0.1) is 0 Å². The van der Waals surface area contributed by atoms with Crippen molar-refractivity contribution < 1.29 is 22.0 Å². The second-order valence-corrected chi connectivity index (χ2v) is 8.54. The van der Waals surface area contributed by atoms with Crippen LogP contribution in [0.2, 0.25) is 0 Å². The van der Waals surface area contributed by atoms with Crippen LogP contribution in [0.3, 0.4) is 0 Å². The number of hydrogen-bond acceptors (Lipinski definition) is 3. The number of nitrogens with one attached hydrogen (secondary N) is 2. The van der Waals surface area contributed by atoms with Crippen LogP contribution in [0.1, 0.15) is 26.3 Å². The van der Waals surface area contributed by atoms with E-state index < -0.39 is 34.1 Å². The minimum absolute atomic E-state index is 0.0302. The number of amides is 1. The lowest BCUT2D eigenvalue weighted by molar-refractivity contribution is -0.115. The van der Waals surface area contributed by atoms with Gasteiger partial charge in [-0.25, -0.2) is 21.9 Å². The van der Waals surface area contributed by atoms with Crippen LogP contribution < -0.4 is 10.0 Å². The molecular formula is C18H20F2N2O3S. The molecule has 26 heavy (non-hydrogen) atoms. The Labute approximate surface area is 151 Å². The summed E-state index contributed by atoms with van der Waals surface area (Å²) in [6, 6.07) is 9.23. The van der Waals surface area contributed by atoms with Crippen LogP contribution in [0.5, 0.6) is 0 Å². The third-order valence-corrected chi connectivity index (χ3v) is 5.07. The lowest BCUT2D eigenvalue weighted by Crippen LogP contribution is -2.33. The van der Waals surface area contributed by atoms with Crippen molar-refractivity contribution in [3.63, 3.8) is 0 Å². The third kappa shape index (κ3) is 5.09. The molecular weight excluding hydrogens is 362 g/mol. The summed E-state index contributed by atoms with van der Waals surface area (Å²) in [7, 11) is -3.87. The molecule has 0 atom stereocenters. The minimum atomic E-state index is -3.87. The Morgan fingerprint density at radius 3 is 2.15 bits per heavy atom. The SMILES string of the molecule is CC(C)(C)c1ccc(S(=O)(=O)NCC(=O)Nc2ccc(F)c(F)c2)cc1. The molecule has 0 radical (unpaired) electrons. The standard InChI is InChI=1S/C18H20F2N2O3S/c1-18(2,3)12-4-7-14(8-5-12)26(24,25)21-11-17(23)22-13-6-9-15(19)16(20)10-13/h4-10,21H,11H2,1-3H3,(H,22,23). The Kier molecular flexibility index (Phi) is 5.77. The molecule has 0 spiro atoms. The molecule has 0 bridgehead atoms. The van der Waals surface area contributed by atoms with E-state index in [1.54, 1.807) is 12.1 Å². The van der Waals surface area contributed by atoms with Gasteiger partial charge in [0.05, 0.1) is 11.4 Å². The van der Waals surface area contributed by atoms with Gasteiger partial charge in [-0.05, 0) is 35.2 Å². The summed E-state index contributed by atoms with van der Waals surface area (Å²) in [5, 5.41) is 2.29. The van der Waals surface area contributed by atoms with Gasteiger partial charge >= 0.3 is 0 Å². The molecule has 2 rings (SSSR count). The van der Waals surface area contributed by atoms with E-state index in [0.717, 1.165) is 17.7 Å². The van der Waals surface area contributed by atoms with E-state index in [-0.39, 0.29) is 16.0 Å². The van der Waals surface area contributed by atoms with Gasteiger partial charge in [0.1, 0.15) is 0 Å². The van der Waals surface area contributed by atoms with Gasteiger partial charge < -0.3 is 5.32 Å². The maximum absolute atomic E-state index is 13.1. The summed E-state index contributed by atoms with van der Waals surface area (Å²) in [4.78, 5) is 11.9. The second-order valence-electron chi connectivity index (χ2n) is 6.78. The predicted octanol–water partition coefficient (Wildman–Crippen LogP) is 3.18. The fourth-order valence-electron chi connectivity index (χ4n) is 2.16. The molecule has 0 aliphatic rings. The molecule has 5 nitrogen and oxygen atoms in total. The smallest absolute Gasteiger partial charge is 0.241 e. The van der Waals surface area contributed by atoms with Crippen molar-refractivity contribution >= 4 is 21.6 Å². The Balaban J connectivity index is 2.00. The van der Waals surface area contributed by atoms with Crippen LogP contribution in [0.25, 0.3) is 0 Å². The topological polar surface area (TPSA) is 75.3 Å². The number of benzene rings is 2. The van der Waals surface area contributed by atoms with Gasteiger partial charge in [0.25, 0.3) is 0 Å². The molecule has 0 aliphatic heterocycles. The summed E-state index contributed by atoms with van der Waals surface area (Å²) in [6.45, 7) is 5.49. The Hall–Kier alpha value is -2.32. The van der Waals surface area contributed by atoms with Gasteiger partial charge in [-0.1, -0.05) is 32.9 Å². The zero-order valence-electron chi connectivity index (χ0n) is 14.6. The average molecular weight is 382 g/mol. The van der Waals surface area contributed by atoms with Crippen molar-refractivity contribution in [3.05, 3.63) is 59.7 Å². The number of carbonyl (C=O) groups is 1. The molecule has 0 saturated carbocycles. The van der Waals surface area contributed by atoms with E-state index in [4.69, 9.17) is 0 Å². The van der Waals surface area contributed by atoms with E-state index in [1.807, 2.05) is 20.8 Å². The maximum Gasteiger partial charge on any atom is 0.241 e. The quantitative estimate of drug-likeness (QED) is 0.834. The first-order chi connectivity index (χ1) is 12.0. The predicted molar refractivity (Wildman–Crippen MR) is 95.3 cm³/mol. The zero-order chi connectivity index (χ0) is 19.5. The first-order valence-electron chi connectivity index (χ1n) is 7.84. The van der Waals surface area contributed by atoms with Gasteiger partial charge in [0.2, 0.25) is 15.9 Å². The molecule has 0 saturated heterocycles. The molecule has 0 aromatic heterocycles. The zero-order valence-corrected chi connectivity index (χ0v) is 15.5. The third-order valence-electron chi connectivity index (χ3n) is 3.66. The van der Waals surface area contributed by atoms with E-state index in [9.17, 15) is 22.0 Å². The molecule has 1 amide bonds. The molecule has 0 heterocycles. The number of halogens is 2. The molecule has 0 fully saturated rings. The van der Waals surface area contributed by atoms with Crippen molar-refractivity contribution in [2.75, 3.05) is 11.9 Å². The molecule has 2 aromatic rings. The highest BCUT2D eigenvalue weighted by molar-refractivity contribution is 7.89. The van der Waals surface area contributed by atoms with Crippen molar-refractivity contribution in [1.82, 2.24) is 4.72 Å². The van der Waals surface area contributed by atoms with E-state index in [2.05, 4.69) is 10.0 Å². The molecule has 2 aromatic carbocycles. The second kappa shape index (κ2) is 7.51. The summed E-state index contributed by atoms with van der Waals surface area (Å²) in [5.74, 6) is -2.85. The van der Waals surface area contributed by atoms with Crippen LogP contribution in [0.15, 0.2) is 47.4 Å². The maximum atomic E-state index is 13.1. The first kappa shape index (κ1) is 20.0. The normalized spacial score (nSPS) is 12.0. The number of hydrogen-bond donors (Lipinski definition) is 2. The highest BCUT2D eigenvalue weighted by Crippen LogP contribution is 2.23. The van der Waals surface area contributed by atoms with Crippen molar-refractivity contribution in [1.29, 1.82) is 0 Å². The van der Waals surface area contributed by atoms with Crippen molar-refractivity contribution in [2.24, 2.45) is 0 Å². The first-order valence-corrected chi connectivity index (χ1v) is 9.32. The van der Waals surface area contributed by atoms with Crippen LogP contribution in [0.4, 0.5) is 14.5 Å². The Morgan fingerprint density at radius 1 is 1.00 bits per heavy atom. The lowest BCUT2D eigenvalue weighted by Gasteiger charge is -2.19. The van der Waals surface area contributed by atoms with Gasteiger partial charge in [0.15, 0.2) is 11.6 Å². The summed E-state index contributed by atoms with van der Waals surface area (Å²) in [6.07, 6.45) is 0. The molecule has 0 unspecified atom stereocenters. The Bertz CT molecular complexity index is 905. The summed E-state index contributed by atoms with van der Waals surface area (Å²) in [5.41, 5.74) is 0.898. The fraction of sp³-hybridized carbons (Fsp3) is 0.278. The van der Waals surface area contributed by atoms with Crippen LogP contribution >= 0.6 is 0 Å². The molecule has 0 aliphatic carbocycles.